The number of imide groups is 1. The van der Waals surface area contributed by atoms with E-state index in [0.29, 0.717) is 0 Å². The van der Waals surface area contributed by atoms with Crippen LogP contribution in [-0.2, 0) is 6.18 Å². The first-order valence-electron chi connectivity index (χ1n) is 5.82. The molecule has 0 unspecified atom stereocenters. The SMILES string of the molecule is CNC(=O)N1CCN(c2cccc(C(F)(F)F)c2)C1=O. The van der Waals surface area contributed by atoms with Crippen LogP contribution in [-0.4, -0.2) is 37.1 Å². The Bertz CT molecular complexity index is 545. The maximum absolute atomic E-state index is 12.6. The molecule has 0 aliphatic carbocycles. The number of benzene rings is 1. The second kappa shape index (κ2) is 5.03. The Morgan fingerprint density at radius 2 is 2.00 bits per heavy atom. The zero-order chi connectivity index (χ0) is 14.9. The highest BCUT2D eigenvalue weighted by molar-refractivity contribution is 6.04. The largest absolute Gasteiger partial charge is 0.416 e. The van der Waals surface area contributed by atoms with Gasteiger partial charge in [-0.3, -0.25) is 4.90 Å². The molecule has 1 N–H and O–H groups in total. The molecule has 0 spiro atoms. The van der Waals surface area contributed by atoms with Gasteiger partial charge in [-0.15, -0.1) is 0 Å². The van der Waals surface area contributed by atoms with Gasteiger partial charge in [0.05, 0.1) is 12.1 Å². The van der Waals surface area contributed by atoms with Gasteiger partial charge in [0.15, 0.2) is 0 Å². The van der Waals surface area contributed by atoms with Crippen molar-refractivity contribution in [3.8, 4) is 0 Å². The van der Waals surface area contributed by atoms with Crippen LogP contribution >= 0.6 is 0 Å². The summed E-state index contributed by atoms with van der Waals surface area (Å²) in [4.78, 5) is 25.5. The van der Waals surface area contributed by atoms with Crippen molar-refractivity contribution in [3.63, 3.8) is 0 Å². The van der Waals surface area contributed by atoms with Gasteiger partial charge >= 0.3 is 18.2 Å². The molecule has 0 saturated carbocycles. The molecule has 1 fully saturated rings. The molecule has 1 aromatic rings. The summed E-state index contributed by atoms with van der Waals surface area (Å²) in [5.41, 5.74) is -0.711. The molecule has 1 aromatic carbocycles. The quantitative estimate of drug-likeness (QED) is 0.861. The van der Waals surface area contributed by atoms with E-state index < -0.39 is 23.8 Å². The molecule has 20 heavy (non-hydrogen) atoms. The summed E-state index contributed by atoms with van der Waals surface area (Å²) in [5.74, 6) is 0. The fourth-order valence-electron chi connectivity index (χ4n) is 1.95. The van der Waals surface area contributed by atoms with Crippen LogP contribution in [0, 0.1) is 0 Å². The molecule has 5 nitrogen and oxygen atoms in total. The summed E-state index contributed by atoms with van der Waals surface area (Å²) in [6.45, 7) is 0.294. The van der Waals surface area contributed by atoms with Crippen molar-refractivity contribution in [1.29, 1.82) is 0 Å². The minimum absolute atomic E-state index is 0.122. The third-order valence-corrected chi connectivity index (χ3v) is 2.95. The van der Waals surface area contributed by atoms with Crippen molar-refractivity contribution in [3.05, 3.63) is 29.8 Å². The number of carbonyl (C=O) groups is 2. The zero-order valence-electron chi connectivity index (χ0n) is 10.6. The smallest absolute Gasteiger partial charge is 0.341 e. The molecule has 8 heteroatoms. The zero-order valence-corrected chi connectivity index (χ0v) is 10.6. The van der Waals surface area contributed by atoms with Gasteiger partial charge in [0.2, 0.25) is 0 Å². The fraction of sp³-hybridized carbons (Fsp3) is 0.333. The number of carbonyl (C=O) groups excluding carboxylic acids is 2. The molecule has 0 atom stereocenters. The van der Waals surface area contributed by atoms with Gasteiger partial charge in [-0.1, -0.05) is 6.07 Å². The van der Waals surface area contributed by atoms with Crippen molar-refractivity contribution in [2.45, 2.75) is 6.18 Å². The normalized spacial score (nSPS) is 15.7. The van der Waals surface area contributed by atoms with Crippen LogP contribution in [0.1, 0.15) is 5.56 Å². The van der Waals surface area contributed by atoms with Crippen LogP contribution in [0.15, 0.2) is 24.3 Å². The van der Waals surface area contributed by atoms with Crippen molar-refractivity contribution >= 4 is 17.7 Å². The monoisotopic (exact) mass is 287 g/mol. The first-order valence-corrected chi connectivity index (χ1v) is 5.82. The number of rotatable bonds is 1. The first-order chi connectivity index (χ1) is 9.34. The van der Waals surface area contributed by atoms with E-state index in [9.17, 15) is 22.8 Å². The fourth-order valence-corrected chi connectivity index (χ4v) is 1.95. The highest BCUT2D eigenvalue weighted by atomic mass is 19.4. The predicted molar refractivity (Wildman–Crippen MR) is 65.3 cm³/mol. The lowest BCUT2D eigenvalue weighted by Crippen LogP contribution is -2.41. The van der Waals surface area contributed by atoms with Crippen LogP contribution in [0.3, 0.4) is 0 Å². The molecule has 0 aromatic heterocycles. The maximum atomic E-state index is 12.6. The topological polar surface area (TPSA) is 52.7 Å². The number of hydrogen-bond acceptors (Lipinski definition) is 2. The molecular formula is C12H12F3N3O2. The first kappa shape index (κ1) is 14.2. The summed E-state index contributed by atoms with van der Waals surface area (Å²) in [6, 6.07) is 3.24. The number of nitrogens with zero attached hydrogens (tertiary/aromatic N) is 2. The molecule has 1 aliphatic rings. The molecule has 108 valence electrons. The van der Waals surface area contributed by atoms with Gasteiger partial charge in [-0.25, -0.2) is 14.5 Å². The number of hydrogen-bond donors (Lipinski definition) is 1. The van der Waals surface area contributed by atoms with Crippen LogP contribution in [0.2, 0.25) is 0 Å². The van der Waals surface area contributed by atoms with Crippen molar-refractivity contribution < 1.29 is 22.8 Å². The van der Waals surface area contributed by atoms with E-state index in [-0.39, 0.29) is 18.8 Å². The van der Waals surface area contributed by atoms with Crippen LogP contribution in [0.5, 0.6) is 0 Å². The maximum Gasteiger partial charge on any atom is 0.416 e. The highest BCUT2D eigenvalue weighted by Gasteiger charge is 2.35. The number of urea groups is 2. The van der Waals surface area contributed by atoms with Gasteiger partial charge < -0.3 is 5.32 Å². The number of amides is 4. The second-order valence-corrected chi connectivity index (χ2v) is 4.19. The van der Waals surface area contributed by atoms with E-state index in [1.807, 2.05) is 0 Å². The molecule has 0 radical (unpaired) electrons. The third-order valence-electron chi connectivity index (χ3n) is 2.95. The van der Waals surface area contributed by atoms with Crippen LogP contribution < -0.4 is 10.2 Å². The third kappa shape index (κ3) is 2.54. The lowest BCUT2D eigenvalue weighted by molar-refractivity contribution is -0.137. The second-order valence-electron chi connectivity index (χ2n) is 4.19. The van der Waals surface area contributed by atoms with Crippen LogP contribution in [0.4, 0.5) is 28.4 Å². The number of nitrogens with one attached hydrogen (secondary N) is 1. The Morgan fingerprint density at radius 3 is 2.60 bits per heavy atom. The van der Waals surface area contributed by atoms with Crippen molar-refractivity contribution in [2.24, 2.45) is 0 Å². The molecular weight excluding hydrogens is 275 g/mol. The molecule has 4 amide bonds. The summed E-state index contributed by atoms with van der Waals surface area (Å²) in [5, 5.41) is 2.30. The summed E-state index contributed by atoms with van der Waals surface area (Å²) in [6.07, 6.45) is -4.47. The molecule has 1 heterocycles. The van der Waals surface area contributed by atoms with E-state index >= 15 is 0 Å². The van der Waals surface area contributed by atoms with Gasteiger partial charge in [0.1, 0.15) is 0 Å². The van der Waals surface area contributed by atoms with E-state index in [0.717, 1.165) is 21.9 Å². The number of alkyl halides is 3. The highest BCUT2D eigenvalue weighted by Crippen LogP contribution is 2.32. The summed E-state index contributed by atoms with van der Waals surface area (Å²) < 4.78 is 37.9. The molecule has 2 rings (SSSR count). The van der Waals surface area contributed by atoms with Gasteiger partial charge in [0.25, 0.3) is 0 Å². The standard InChI is InChI=1S/C12H12F3N3O2/c1-16-10(19)18-6-5-17(11(18)20)9-4-2-3-8(7-9)12(13,14)15/h2-4,7H,5-6H2,1H3,(H,16,19). The minimum atomic E-state index is -4.47. The predicted octanol–water partition coefficient (Wildman–Crippen LogP) is 2.29. The lowest BCUT2D eigenvalue weighted by atomic mass is 10.2. The van der Waals surface area contributed by atoms with Gasteiger partial charge in [0, 0.05) is 19.3 Å². The van der Waals surface area contributed by atoms with Crippen molar-refractivity contribution in [1.82, 2.24) is 10.2 Å². The lowest BCUT2D eigenvalue weighted by Gasteiger charge is -2.18. The van der Waals surface area contributed by atoms with Crippen LogP contribution in [0.25, 0.3) is 0 Å². The molecule has 1 aliphatic heterocycles. The number of anilines is 1. The average Bonchev–Trinajstić information content (AvgIpc) is 2.79. The minimum Gasteiger partial charge on any atom is -0.341 e. The van der Waals surface area contributed by atoms with E-state index in [4.69, 9.17) is 0 Å². The Hall–Kier alpha value is -2.25. The van der Waals surface area contributed by atoms with E-state index in [2.05, 4.69) is 5.32 Å². The Morgan fingerprint density at radius 1 is 1.30 bits per heavy atom. The number of halogens is 3. The Labute approximate surface area is 113 Å². The average molecular weight is 287 g/mol. The molecule has 0 bridgehead atoms. The van der Waals surface area contributed by atoms with Gasteiger partial charge in [-0.05, 0) is 18.2 Å². The summed E-state index contributed by atoms with van der Waals surface area (Å²) in [7, 11) is 1.38. The van der Waals surface area contributed by atoms with E-state index in [1.165, 1.54) is 19.2 Å². The Balaban J connectivity index is 2.26. The van der Waals surface area contributed by atoms with E-state index in [1.54, 1.807) is 0 Å². The van der Waals surface area contributed by atoms with Gasteiger partial charge in [-0.2, -0.15) is 13.2 Å². The Kier molecular flexibility index (Phi) is 3.56. The summed E-state index contributed by atoms with van der Waals surface area (Å²) >= 11 is 0. The van der Waals surface area contributed by atoms with Crippen molar-refractivity contribution in [2.75, 3.05) is 25.0 Å². The molecule has 1 saturated heterocycles.